The Hall–Kier alpha value is -2.43. The molecule has 0 saturated heterocycles. The van der Waals surface area contributed by atoms with Gasteiger partial charge in [0, 0.05) is 5.56 Å². The molecule has 0 unspecified atom stereocenters. The van der Waals surface area contributed by atoms with Crippen molar-refractivity contribution in [1.82, 2.24) is 0 Å². The first-order valence-corrected chi connectivity index (χ1v) is 5.78. The van der Waals surface area contributed by atoms with Gasteiger partial charge in [-0.25, -0.2) is 8.78 Å². The molecule has 0 spiro atoms. The van der Waals surface area contributed by atoms with Gasteiger partial charge >= 0.3 is 0 Å². The van der Waals surface area contributed by atoms with Crippen molar-refractivity contribution in [3.63, 3.8) is 0 Å². The Labute approximate surface area is 114 Å². The maximum atomic E-state index is 13.2. The van der Waals surface area contributed by atoms with E-state index in [-0.39, 0.29) is 11.1 Å². The molecule has 0 heterocycles. The number of ether oxygens (including phenoxy) is 2. The lowest BCUT2D eigenvalue weighted by molar-refractivity contribution is 0.103. The van der Waals surface area contributed by atoms with Gasteiger partial charge in [-0.05, 0) is 36.4 Å². The van der Waals surface area contributed by atoms with Crippen LogP contribution in [0.25, 0.3) is 0 Å². The number of methoxy groups -OCH3 is 2. The van der Waals surface area contributed by atoms with Gasteiger partial charge in [-0.1, -0.05) is 0 Å². The van der Waals surface area contributed by atoms with Gasteiger partial charge in [0.2, 0.25) is 0 Å². The fourth-order valence-corrected chi connectivity index (χ4v) is 1.78. The van der Waals surface area contributed by atoms with Gasteiger partial charge in [0.15, 0.2) is 17.4 Å². The van der Waals surface area contributed by atoms with Crippen LogP contribution in [0.4, 0.5) is 8.78 Å². The normalized spacial score (nSPS) is 10.2. The van der Waals surface area contributed by atoms with E-state index in [1.807, 2.05) is 0 Å². The minimum Gasteiger partial charge on any atom is -0.497 e. The van der Waals surface area contributed by atoms with Crippen LogP contribution in [0.3, 0.4) is 0 Å². The molecule has 5 heteroatoms. The summed E-state index contributed by atoms with van der Waals surface area (Å²) in [4.78, 5) is 12.3. The fraction of sp³-hybridized carbons (Fsp3) is 0.133. The Morgan fingerprint density at radius 1 is 0.950 bits per heavy atom. The summed E-state index contributed by atoms with van der Waals surface area (Å²) in [6.07, 6.45) is 0. The van der Waals surface area contributed by atoms with Crippen LogP contribution < -0.4 is 9.47 Å². The summed E-state index contributed by atoms with van der Waals surface area (Å²) in [7, 11) is 2.89. The lowest BCUT2D eigenvalue weighted by atomic mass is 10.0. The van der Waals surface area contributed by atoms with E-state index in [0.29, 0.717) is 11.5 Å². The number of carbonyl (C=O) groups is 1. The van der Waals surface area contributed by atoms with Crippen molar-refractivity contribution in [1.29, 1.82) is 0 Å². The van der Waals surface area contributed by atoms with Crippen LogP contribution in [0.2, 0.25) is 0 Å². The lowest BCUT2D eigenvalue weighted by Gasteiger charge is -2.09. The van der Waals surface area contributed by atoms with Crippen molar-refractivity contribution >= 4 is 5.78 Å². The van der Waals surface area contributed by atoms with Crippen molar-refractivity contribution in [2.24, 2.45) is 0 Å². The van der Waals surface area contributed by atoms with Gasteiger partial charge in [-0.3, -0.25) is 4.79 Å². The average Bonchev–Trinajstić information content (AvgIpc) is 2.48. The van der Waals surface area contributed by atoms with Crippen LogP contribution in [-0.4, -0.2) is 20.0 Å². The maximum absolute atomic E-state index is 13.2. The molecule has 0 N–H and O–H groups in total. The molecule has 2 rings (SSSR count). The van der Waals surface area contributed by atoms with Crippen molar-refractivity contribution < 1.29 is 23.0 Å². The van der Waals surface area contributed by atoms with Crippen molar-refractivity contribution in [2.75, 3.05) is 14.2 Å². The number of hydrogen-bond donors (Lipinski definition) is 0. The molecule has 20 heavy (non-hydrogen) atoms. The SMILES string of the molecule is COc1ccc(OC)c(C(=O)c2ccc(F)c(F)c2)c1. The van der Waals surface area contributed by atoms with E-state index in [4.69, 9.17) is 9.47 Å². The quantitative estimate of drug-likeness (QED) is 0.806. The molecule has 2 aromatic rings. The van der Waals surface area contributed by atoms with Crippen LogP contribution in [0.5, 0.6) is 11.5 Å². The van der Waals surface area contributed by atoms with Gasteiger partial charge in [0.05, 0.1) is 19.8 Å². The fourth-order valence-electron chi connectivity index (χ4n) is 1.78. The van der Waals surface area contributed by atoms with E-state index < -0.39 is 17.4 Å². The number of benzene rings is 2. The van der Waals surface area contributed by atoms with E-state index in [1.54, 1.807) is 12.1 Å². The minimum absolute atomic E-state index is 0.0375. The molecular weight excluding hydrogens is 266 g/mol. The molecule has 2 aromatic carbocycles. The summed E-state index contributed by atoms with van der Waals surface area (Å²) in [5.41, 5.74) is 0.258. The highest BCUT2D eigenvalue weighted by Gasteiger charge is 2.17. The summed E-state index contributed by atoms with van der Waals surface area (Å²) >= 11 is 0. The van der Waals surface area contributed by atoms with Crippen LogP contribution in [0.1, 0.15) is 15.9 Å². The number of rotatable bonds is 4. The Morgan fingerprint density at radius 2 is 1.70 bits per heavy atom. The monoisotopic (exact) mass is 278 g/mol. The summed E-state index contributed by atoms with van der Waals surface area (Å²) in [6.45, 7) is 0. The van der Waals surface area contributed by atoms with Gasteiger partial charge in [-0.15, -0.1) is 0 Å². The zero-order valence-electron chi connectivity index (χ0n) is 10.9. The predicted octanol–water partition coefficient (Wildman–Crippen LogP) is 3.21. The standard InChI is InChI=1S/C15H12F2O3/c1-19-10-4-6-14(20-2)11(8-10)15(18)9-3-5-12(16)13(17)7-9/h3-8H,1-2H3. The second-order valence-corrected chi connectivity index (χ2v) is 4.02. The minimum atomic E-state index is -1.07. The highest BCUT2D eigenvalue weighted by molar-refractivity contribution is 6.11. The number of carbonyl (C=O) groups excluding carboxylic acids is 1. The number of hydrogen-bond acceptors (Lipinski definition) is 3. The first-order chi connectivity index (χ1) is 9.56. The molecule has 0 aliphatic heterocycles. The van der Waals surface area contributed by atoms with Gasteiger partial charge in [0.1, 0.15) is 11.5 Å². The van der Waals surface area contributed by atoms with Crippen molar-refractivity contribution in [3.05, 3.63) is 59.2 Å². The molecule has 0 radical (unpaired) electrons. The molecule has 0 bridgehead atoms. The molecule has 0 saturated carbocycles. The Bertz CT molecular complexity index is 654. The van der Waals surface area contributed by atoms with Crippen molar-refractivity contribution in [3.8, 4) is 11.5 Å². The number of halogens is 2. The smallest absolute Gasteiger partial charge is 0.196 e. The summed E-state index contributed by atoms with van der Waals surface area (Å²) in [5.74, 6) is -1.74. The second kappa shape index (κ2) is 5.69. The lowest BCUT2D eigenvalue weighted by Crippen LogP contribution is -2.05. The predicted molar refractivity (Wildman–Crippen MR) is 69.3 cm³/mol. The molecule has 3 nitrogen and oxygen atoms in total. The molecule has 0 aromatic heterocycles. The van der Waals surface area contributed by atoms with Crippen LogP contribution in [0.15, 0.2) is 36.4 Å². The van der Waals surface area contributed by atoms with E-state index >= 15 is 0 Å². The van der Waals surface area contributed by atoms with Crippen LogP contribution >= 0.6 is 0 Å². The zero-order valence-corrected chi connectivity index (χ0v) is 10.9. The molecule has 0 amide bonds. The Balaban J connectivity index is 2.48. The van der Waals surface area contributed by atoms with E-state index in [2.05, 4.69) is 0 Å². The van der Waals surface area contributed by atoms with Crippen LogP contribution in [-0.2, 0) is 0 Å². The van der Waals surface area contributed by atoms with E-state index in [1.165, 1.54) is 26.4 Å². The summed E-state index contributed by atoms with van der Waals surface area (Å²) < 4.78 is 36.2. The molecule has 0 aliphatic rings. The third-order valence-electron chi connectivity index (χ3n) is 2.83. The molecule has 0 atom stereocenters. The molecule has 104 valence electrons. The van der Waals surface area contributed by atoms with E-state index in [0.717, 1.165) is 12.1 Å². The maximum Gasteiger partial charge on any atom is 0.196 e. The average molecular weight is 278 g/mol. The third kappa shape index (κ3) is 2.61. The first kappa shape index (κ1) is 14.0. The van der Waals surface area contributed by atoms with E-state index in [9.17, 15) is 13.6 Å². The Morgan fingerprint density at radius 3 is 2.30 bits per heavy atom. The largest absolute Gasteiger partial charge is 0.497 e. The molecule has 0 fully saturated rings. The summed E-state index contributed by atoms with van der Waals surface area (Å²) in [6, 6.07) is 7.70. The third-order valence-corrected chi connectivity index (χ3v) is 2.83. The summed E-state index contributed by atoms with van der Waals surface area (Å²) in [5, 5.41) is 0. The van der Waals surface area contributed by atoms with Crippen molar-refractivity contribution in [2.45, 2.75) is 0 Å². The number of ketones is 1. The van der Waals surface area contributed by atoms with Crippen LogP contribution in [0, 0.1) is 11.6 Å². The Kier molecular flexibility index (Phi) is 3.98. The molecule has 0 aliphatic carbocycles. The highest BCUT2D eigenvalue weighted by Crippen LogP contribution is 2.26. The topological polar surface area (TPSA) is 35.5 Å². The molecular formula is C15H12F2O3. The highest BCUT2D eigenvalue weighted by atomic mass is 19.2. The first-order valence-electron chi connectivity index (χ1n) is 5.78. The van der Waals surface area contributed by atoms with Gasteiger partial charge in [-0.2, -0.15) is 0 Å². The zero-order chi connectivity index (χ0) is 14.7. The second-order valence-electron chi connectivity index (χ2n) is 4.02. The van der Waals surface area contributed by atoms with Gasteiger partial charge in [0.25, 0.3) is 0 Å². The van der Waals surface area contributed by atoms with Gasteiger partial charge < -0.3 is 9.47 Å².